The molecule has 3 heterocycles. The highest BCUT2D eigenvalue weighted by Gasteiger charge is 2.50. The number of hydrogen-bond acceptors (Lipinski definition) is 6. The average Bonchev–Trinajstić information content (AvgIpc) is 2.84. The van der Waals surface area contributed by atoms with Crippen molar-refractivity contribution in [2.75, 3.05) is 31.7 Å². The number of ether oxygens (including phenoxy) is 1. The van der Waals surface area contributed by atoms with Gasteiger partial charge in [0.25, 0.3) is 5.91 Å². The van der Waals surface area contributed by atoms with Gasteiger partial charge in [0.2, 0.25) is 0 Å². The van der Waals surface area contributed by atoms with E-state index in [0.29, 0.717) is 31.5 Å². The minimum atomic E-state index is -0.988. The Morgan fingerprint density at radius 2 is 2.12 bits per heavy atom. The Bertz CT molecular complexity index is 706. The zero-order valence-electron chi connectivity index (χ0n) is 14.4. The predicted octanol–water partition coefficient (Wildman–Crippen LogP) is 0.879. The van der Waals surface area contributed by atoms with Crippen LogP contribution in [0.25, 0.3) is 0 Å². The Kier molecular flexibility index (Phi) is 4.59. The van der Waals surface area contributed by atoms with Gasteiger partial charge in [-0.1, -0.05) is 0 Å². The van der Waals surface area contributed by atoms with Gasteiger partial charge in [-0.15, -0.1) is 0 Å². The van der Waals surface area contributed by atoms with Gasteiger partial charge in [-0.3, -0.25) is 9.69 Å². The Balaban J connectivity index is 1.65. The van der Waals surface area contributed by atoms with E-state index in [0.717, 1.165) is 5.82 Å². The van der Waals surface area contributed by atoms with Gasteiger partial charge in [-0.25, -0.2) is 9.78 Å². The number of imide groups is 1. The molecule has 0 aromatic carbocycles. The van der Waals surface area contributed by atoms with E-state index in [2.05, 4.69) is 15.2 Å². The number of pyridine rings is 1. The SMILES string of the molecule is COCC1(C)NC(=O)N(C2CCN(c3ccc(C#N)cn3)CC2)C1=O. The summed E-state index contributed by atoms with van der Waals surface area (Å²) in [6.45, 7) is 3.23. The Morgan fingerprint density at radius 3 is 2.68 bits per heavy atom. The Labute approximate surface area is 146 Å². The second-order valence-electron chi connectivity index (χ2n) is 6.61. The van der Waals surface area contributed by atoms with Crippen LogP contribution in [0.1, 0.15) is 25.3 Å². The summed E-state index contributed by atoms with van der Waals surface area (Å²) in [7, 11) is 1.51. The van der Waals surface area contributed by atoms with Crippen LogP contribution in [-0.4, -0.2) is 60.2 Å². The van der Waals surface area contributed by atoms with Gasteiger partial charge in [0.05, 0.1) is 12.2 Å². The van der Waals surface area contributed by atoms with Gasteiger partial charge >= 0.3 is 6.03 Å². The summed E-state index contributed by atoms with van der Waals surface area (Å²) in [5.74, 6) is 0.577. The number of carbonyl (C=O) groups excluding carboxylic acids is 2. The molecule has 0 aliphatic carbocycles. The van der Waals surface area contributed by atoms with Crippen molar-refractivity contribution in [1.82, 2.24) is 15.2 Å². The molecule has 0 spiro atoms. The molecule has 2 saturated heterocycles. The van der Waals surface area contributed by atoms with E-state index in [1.807, 2.05) is 12.1 Å². The standard InChI is InChI=1S/C17H21N5O3/c1-17(11-25-2)15(23)22(16(24)20-17)13-5-7-21(8-6-13)14-4-3-12(9-18)10-19-14/h3-4,10,13H,5-8,11H2,1-2H3,(H,20,24). The van der Waals surface area contributed by atoms with E-state index in [4.69, 9.17) is 10.00 Å². The number of methoxy groups -OCH3 is 1. The largest absolute Gasteiger partial charge is 0.382 e. The number of nitrogens with one attached hydrogen (secondary N) is 1. The molecule has 1 N–H and O–H groups in total. The van der Waals surface area contributed by atoms with E-state index in [1.165, 1.54) is 12.0 Å². The van der Waals surface area contributed by atoms with Crippen LogP contribution in [0.3, 0.4) is 0 Å². The molecule has 132 valence electrons. The molecule has 0 saturated carbocycles. The molecule has 2 fully saturated rings. The summed E-state index contributed by atoms with van der Waals surface area (Å²) in [5.41, 5.74) is -0.465. The quantitative estimate of drug-likeness (QED) is 0.815. The molecule has 25 heavy (non-hydrogen) atoms. The second-order valence-corrected chi connectivity index (χ2v) is 6.61. The molecule has 2 aliphatic heterocycles. The lowest BCUT2D eigenvalue weighted by molar-refractivity contribution is -0.134. The van der Waals surface area contributed by atoms with Gasteiger partial charge < -0.3 is 15.0 Å². The van der Waals surface area contributed by atoms with Crippen LogP contribution in [0, 0.1) is 11.3 Å². The topological polar surface area (TPSA) is 98.6 Å². The maximum absolute atomic E-state index is 12.7. The first-order chi connectivity index (χ1) is 12.0. The third-order valence-electron chi connectivity index (χ3n) is 4.76. The molecule has 0 radical (unpaired) electrons. The van der Waals surface area contributed by atoms with Crippen LogP contribution in [0.2, 0.25) is 0 Å². The van der Waals surface area contributed by atoms with Crippen LogP contribution < -0.4 is 10.2 Å². The van der Waals surface area contributed by atoms with Crippen molar-refractivity contribution in [1.29, 1.82) is 5.26 Å². The molecule has 3 rings (SSSR count). The number of carbonyl (C=O) groups is 2. The number of nitriles is 1. The van der Waals surface area contributed by atoms with E-state index in [-0.39, 0.29) is 24.6 Å². The summed E-state index contributed by atoms with van der Waals surface area (Å²) >= 11 is 0. The minimum absolute atomic E-state index is 0.124. The van der Waals surface area contributed by atoms with Crippen molar-refractivity contribution < 1.29 is 14.3 Å². The van der Waals surface area contributed by atoms with Crippen LogP contribution >= 0.6 is 0 Å². The van der Waals surface area contributed by atoms with E-state index in [1.54, 1.807) is 19.2 Å². The Morgan fingerprint density at radius 1 is 1.40 bits per heavy atom. The summed E-state index contributed by atoms with van der Waals surface area (Å²) in [6.07, 6.45) is 2.92. The van der Waals surface area contributed by atoms with Gasteiger partial charge in [0.1, 0.15) is 17.4 Å². The van der Waals surface area contributed by atoms with Crippen LogP contribution in [-0.2, 0) is 9.53 Å². The smallest absolute Gasteiger partial charge is 0.325 e. The molecule has 8 nitrogen and oxygen atoms in total. The minimum Gasteiger partial charge on any atom is -0.382 e. The fourth-order valence-electron chi connectivity index (χ4n) is 3.42. The Hall–Kier alpha value is -2.66. The zero-order valence-corrected chi connectivity index (χ0v) is 14.4. The highest BCUT2D eigenvalue weighted by Crippen LogP contribution is 2.27. The normalized spacial score (nSPS) is 24.4. The predicted molar refractivity (Wildman–Crippen MR) is 89.8 cm³/mol. The van der Waals surface area contributed by atoms with E-state index >= 15 is 0 Å². The summed E-state index contributed by atoms with van der Waals surface area (Å²) in [5, 5.41) is 11.6. The number of aromatic nitrogens is 1. The highest BCUT2D eigenvalue weighted by atomic mass is 16.5. The van der Waals surface area contributed by atoms with Crippen molar-refractivity contribution in [2.24, 2.45) is 0 Å². The fourth-order valence-corrected chi connectivity index (χ4v) is 3.42. The molecule has 2 aliphatic rings. The van der Waals surface area contributed by atoms with Crippen molar-refractivity contribution in [2.45, 2.75) is 31.3 Å². The lowest BCUT2D eigenvalue weighted by atomic mass is 10.00. The van der Waals surface area contributed by atoms with Gasteiger partial charge in [0.15, 0.2) is 0 Å². The second kappa shape index (κ2) is 6.69. The highest BCUT2D eigenvalue weighted by molar-refractivity contribution is 6.07. The number of piperidine rings is 1. The number of hydrogen-bond donors (Lipinski definition) is 1. The average molecular weight is 343 g/mol. The molecular weight excluding hydrogens is 322 g/mol. The molecule has 1 unspecified atom stereocenters. The maximum atomic E-state index is 12.7. The van der Waals surface area contributed by atoms with E-state index < -0.39 is 5.54 Å². The molecule has 1 aromatic rings. The van der Waals surface area contributed by atoms with Gasteiger partial charge in [-0.05, 0) is 31.9 Å². The van der Waals surface area contributed by atoms with Crippen LogP contribution in [0.15, 0.2) is 18.3 Å². The lowest BCUT2D eigenvalue weighted by Crippen LogP contribution is -2.50. The molecule has 8 heteroatoms. The molecule has 1 atom stereocenters. The number of amides is 3. The molecule has 3 amide bonds. The molecule has 0 bridgehead atoms. The lowest BCUT2D eigenvalue weighted by Gasteiger charge is -2.36. The monoisotopic (exact) mass is 343 g/mol. The summed E-state index contributed by atoms with van der Waals surface area (Å²) in [4.78, 5) is 32.7. The first kappa shape index (κ1) is 17.2. The maximum Gasteiger partial charge on any atom is 0.325 e. The van der Waals surface area contributed by atoms with E-state index in [9.17, 15) is 9.59 Å². The van der Waals surface area contributed by atoms with Gasteiger partial charge in [-0.2, -0.15) is 5.26 Å². The summed E-state index contributed by atoms with van der Waals surface area (Å²) in [6, 6.07) is 5.14. The number of anilines is 1. The number of nitrogens with zero attached hydrogens (tertiary/aromatic N) is 4. The molecule has 1 aromatic heterocycles. The van der Waals surface area contributed by atoms with Crippen molar-refractivity contribution in [3.8, 4) is 6.07 Å². The first-order valence-corrected chi connectivity index (χ1v) is 8.24. The fraction of sp³-hybridized carbons (Fsp3) is 0.529. The number of rotatable bonds is 4. The van der Waals surface area contributed by atoms with Crippen molar-refractivity contribution >= 4 is 17.8 Å². The molecular formula is C17H21N5O3. The van der Waals surface area contributed by atoms with Crippen LogP contribution in [0.4, 0.5) is 10.6 Å². The third kappa shape index (κ3) is 3.15. The number of urea groups is 1. The van der Waals surface area contributed by atoms with Crippen LogP contribution in [0.5, 0.6) is 0 Å². The third-order valence-corrected chi connectivity index (χ3v) is 4.76. The summed E-state index contributed by atoms with van der Waals surface area (Å²) < 4.78 is 5.08. The van der Waals surface area contributed by atoms with Gasteiger partial charge in [0, 0.05) is 32.4 Å². The zero-order chi connectivity index (χ0) is 18.0. The van der Waals surface area contributed by atoms with Crippen molar-refractivity contribution in [3.05, 3.63) is 23.9 Å². The van der Waals surface area contributed by atoms with Crippen molar-refractivity contribution in [3.63, 3.8) is 0 Å². The first-order valence-electron chi connectivity index (χ1n) is 8.24.